The fraction of sp³-hybridized carbons (Fsp3) is 0.333. The Hall–Kier alpha value is -2.05. The standard InChI is InChI=1S/C18H18FNO3S/c1-12(21)13-9-17(24-11-13)18(22)20(15-5-7-23-8-6-15)16-4-2-3-14(19)10-16/h2-4,9-11,15H,5-8H2,1H3. The van der Waals surface area contributed by atoms with Crippen LogP contribution >= 0.6 is 11.3 Å². The second-order valence-corrected chi connectivity index (χ2v) is 6.67. The van der Waals surface area contributed by atoms with Crippen molar-refractivity contribution in [3.05, 3.63) is 52.0 Å². The quantitative estimate of drug-likeness (QED) is 0.788. The number of Topliss-reactive ketones (excluding diaryl/α,β-unsaturated/α-hetero) is 1. The second kappa shape index (κ2) is 7.23. The number of nitrogens with zero attached hydrogens (tertiary/aromatic N) is 1. The topological polar surface area (TPSA) is 46.6 Å². The molecule has 0 radical (unpaired) electrons. The number of carbonyl (C=O) groups is 2. The summed E-state index contributed by atoms with van der Waals surface area (Å²) in [5.41, 5.74) is 1.05. The zero-order valence-electron chi connectivity index (χ0n) is 13.3. The zero-order valence-corrected chi connectivity index (χ0v) is 14.1. The third-order valence-electron chi connectivity index (χ3n) is 4.08. The van der Waals surface area contributed by atoms with E-state index in [1.165, 1.54) is 30.4 Å². The number of rotatable bonds is 4. The second-order valence-electron chi connectivity index (χ2n) is 5.75. The van der Waals surface area contributed by atoms with Gasteiger partial charge in [0, 0.05) is 35.9 Å². The molecule has 1 saturated heterocycles. The van der Waals surface area contributed by atoms with Gasteiger partial charge in [-0.25, -0.2) is 4.39 Å². The summed E-state index contributed by atoms with van der Waals surface area (Å²) < 4.78 is 19.0. The normalized spacial score (nSPS) is 15.2. The van der Waals surface area contributed by atoms with Gasteiger partial charge in [0.1, 0.15) is 5.82 Å². The summed E-state index contributed by atoms with van der Waals surface area (Å²) in [6, 6.07) is 7.62. The van der Waals surface area contributed by atoms with E-state index in [1.54, 1.807) is 28.5 Å². The third kappa shape index (κ3) is 3.55. The monoisotopic (exact) mass is 347 g/mol. The van der Waals surface area contributed by atoms with E-state index in [0.29, 0.717) is 42.2 Å². The zero-order chi connectivity index (χ0) is 17.1. The molecule has 1 amide bonds. The van der Waals surface area contributed by atoms with E-state index < -0.39 is 0 Å². The highest BCUT2D eigenvalue weighted by Crippen LogP contribution is 2.28. The Morgan fingerprint density at radius 3 is 2.62 bits per heavy atom. The Morgan fingerprint density at radius 1 is 1.25 bits per heavy atom. The average Bonchev–Trinajstić information content (AvgIpc) is 3.06. The molecule has 0 N–H and O–H groups in total. The number of benzene rings is 1. The molecule has 0 aliphatic carbocycles. The SMILES string of the molecule is CC(=O)c1csc(C(=O)N(c2cccc(F)c2)C2CCOCC2)c1. The maximum atomic E-state index is 13.7. The van der Waals surface area contributed by atoms with Crippen molar-refractivity contribution in [1.82, 2.24) is 0 Å². The van der Waals surface area contributed by atoms with Crippen LogP contribution in [0.4, 0.5) is 10.1 Å². The van der Waals surface area contributed by atoms with Crippen LogP contribution in [0.15, 0.2) is 35.7 Å². The lowest BCUT2D eigenvalue weighted by Gasteiger charge is -2.34. The Morgan fingerprint density at radius 2 is 2.00 bits per heavy atom. The van der Waals surface area contributed by atoms with Gasteiger partial charge in [0.2, 0.25) is 0 Å². The minimum absolute atomic E-state index is 0.0454. The molecule has 1 aromatic heterocycles. The molecule has 0 saturated carbocycles. The van der Waals surface area contributed by atoms with Crippen LogP contribution in [0.1, 0.15) is 39.8 Å². The van der Waals surface area contributed by atoms with E-state index in [0.717, 1.165) is 0 Å². The Kier molecular flexibility index (Phi) is 5.06. The maximum absolute atomic E-state index is 13.7. The number of ether oxygens (including phenoxy) is 1. The van der Waals surface area contributed by atoms with Crippen molar-refractivity contribution >= 4 is 28.7 Å². The van der Waals surface area contributed by atoms with Gasteiger partial charge in [0.15, 0.2) is 5.78 Å². The Bertz CT molecular complexity index is 752. The highest BCUT2D eigenvalue weighted by molar-refractivity contribution is 7.12. The Labute approximate surface area is 143 Å². The van der Waals surface area contributed by atoms with Crippen LogP contribution in [0, 0.1) is 5.82 Å². The number of hydrogen-bond donors (Lipinski definition) is 0. The van der Waals surface area contributed by atoms with Crippen LogP contribution in [-0.2, 0) is 4.74 Å². The minimum atomic E-state index is -0.382. The smallest absolute Gasteiger partial charge is 0.268 e. The molecule has 24 heavy (non-hydrogen) atoms. The molecular formula is C18H18FNO3S. The molecule has 1 aromatic carbocycles. The van der Waals surface area contributed by atoms with E-state index >= 15 is 0 Å². The first kappa shape index (κ1) is 16.8. The summed E-state index contributed by atoms with van der Waals surface area (Å²) in [6.07, 6.45) is 1.40. The van der Waals surface area contributed by atoms with Crippen molar-refractivity contribution in [3.63, 3.8) is 0 Å². The summed E-state index contributed by atoms with van der Waals surface area (Å²) in [5.74, 6) is -0.661. The molecule has 1 aliphatic rings. The van der Waals surface area contributed by atoms with E-state index in [9.17, 15) is 14.0 Å². The van der Waals surface area contributed by atoms with Crippen LogP contribution in [0.2, 0.25) is 0 Å². The molecule has 126 valence electrons. The van der Waals surface area contributed by atoms with Gasteiger partial charge >= 0.3 is 0 Å². The van der Waals surface area contributed by atoms with E-state index in [4.69, 9.17) is 4.74 Å². The molecule has 1 aliphatic heterocycles. The van der Waals surface area contributed by atoms with Crippen molar-refractivity contribution < 1.29 is 18.7 Å². The number of anilines is 1. The number of hydrogen-bond acceptors (Lipinski definition) is 4. The molecule has 0 spiro atoms. The minimum Gasteiger partial charge on any atom is -0.381 e. The van der Waals surface area contributed by atoms with E-state index in [1.807, 2.05) is 0 Å². The summed E-state index contributed by atoms with van der Waals surface area (Å²) >= 11 is 1.24. The molecule has 4 nitrogen and oxygen atoms in total. The largest absolute Gasteiger partial charge is 0.381 e. The highest BCUT2D eigenvalue weighted by Gasteiger charge is 2.29. The van der Waals surface area contributed by atoms with Crippen molar-refractivity contribution in [2.24, 2.45) is 0 Å². The van der Waals surface area contributed by atoms with Crippen LogP contribution in [-0.4, -0.2) is 30.9 Å². The van der Waals surface area contributed by atoms with E-state index in [2.05, 4.69) is 0 Å². The fourth-order valence-corrected chi connectivity index (χ4v) is 3.70. The highest BCUT2D eigenvalue weighted by atomic mass is 32.1. The maximum Gasteiger partial charge on any atom is 0.268 e. The first-order valence-electron chi connectivity index (χ1n) is 7.82. The molecular weight excluding hydrogens is 329 g/mol. The van der Waals surface area contributed by atoms with Gasteiger partial charge in [-0.1, -0.05) is 6.07 Å². The van der Waals surface area contributed by atoms with Crippen molar-refractivity contribution in [3.8, 4) is 0 Å². The summed E-state index contributed by atoms with van der Waals surface area (Å²) in [5, 5.41) is 1.68. The van der Waals surface area contributed by atoms with Gasteiger partial charge in [0.05, 0.1) is 4.88 Å². The van der Waals surface area contributed by atoms with E-state index in [-0.39, 0.29) is 23.5 Å². The van der Waals surface area contributed by atoms with Crippen molar-refractivity contribution in [1.29, 1.82) is 0 Å². The van der Waals surface area contributed by atoms with Crippen LogP contribution in [0.3, 0.4) is 0 Å². The van der Waals surface area contributed by atoms with Gasteiger partial charge in [-0.15, -0.1) is 11.3 Å². The van der Waals surface area contributed by atoms with Gasteiger partial charge in [0.25, 0.3) is 5.91 Å². The van der Waals surface area contributed by atoms with Gasteiger partial charge in [-0.2, -0.15) is 0 Å². The molecule has 0 unspecified atom stereocenters. The van der Waals surface area contributed by atoms with Crippen LogP contribution in [0.25, 0.3) is 0 Å². The summed E-state index contributed by atoms with van der Waals surface area (Å²) in [4.78, 5) is 26.7. The van der Waals surface area contributed by atoms with Crippen LogP contribution in [0.5, 0.6) is 0 Å². The van der Waals surface area contributed by atoms with Crippen molar-refractivity contribution in [2.45, 2.75) is 25.8 Å². The molecule has 6 heteroatoms. The lowest BCUT2D eigenvalue weighted by atomic mass is 10.1. The van der Waals surface area contributed by atoms with Gasteiger partial charge < -0.3 is 9.64 Å². The lowest BCUT2D eigenvalue weighted by Crippen LogP contribution is -2.43. The van der Waals surface area contributed by atoms with Crippen molar-refractivity contribution in [2.75, 3.05) is 18.1 Å². The average molecular weight is 347 g/mol. The van der Waals surface area contributed by atoms with Gasteiger partial charge in [-0.05, 0) is 44.0 Å². The summed E-state index contributed by atoms with van der Waals surface area (Å²) in [6.45, 7) is 2.62. The number of ketones is 1. The number of halogens is 1. The molecule has 1 fully saturated rings. The molecule has 2 heterocycles. The number of carbonyl (C=O) groups excluding carboxylic acids is 2. The molecule has 0 bridgehead atoms. The third-order valence-corrected chi connectivity index (χ3v) is 5.00. The number of thiophene rings is 1. The number of amides is 1. The predicted molar refractivity (Wildman–Crippen MR) is 91.4 cm³/mol. The van der Waals surface area contributed by atoms with Gasteiger partial charge in [-0.3, -0.25) is 9.59 Å². The lowest BCUT2D eigenvalue weighted by molar-refractivity contribution is 0.0773. The Balaban J connectivity index is 1.96. The molecule has 0 atom stereocenters. The first-order valence-corrected chi connectivity index (χ1v) is 8.70. The molecule has 3 rings (SSSR count). The first-order chi connectivity index (χ1) is 11.6. The van der Waals surface area contributed by atoms with Crippen LogP contribution < -0.4 is 4.90 Å². The fourth-order valence-electron chi connectivity index (χ4n) is 2.81. The molecule has 2 aromatic rings. The summed E-state index contributed by atoms with van der Waals surface area (Å²) in [7, 11) is 0. The predicted octanol–water partition coefficient (Wildman–Crippen LogP) is 3.92.